The van der Waals surface area contributed by atoms with Crippen LogP contribution in [0.3, 0.4) is 0 Å². The van der Waals surface area contributed by atoms with Crippen LogP contribution in [0.5, 0.6) is 0 Å². The molecule has 2 aliphatic heterocycles. The zero-order chi connectivity index (χ0) is 23.8. The summed E-state index contributed by atoms with van der Waals surface area (Å²) in [6.07, 6.45) is 12.5. The summed E-state index contributed by atoms with van der Waals surface area (Å²) >= 11 is 0. The van der Waals surface area contributed by atoms with Gasteiger partial charge < -0.3 is 25.4 Å². The maximum absolute atomic E-state index is 13.6. The molecule has 4 N–H and O–H groups in total. The summed E-state index contributed by atoms with van der Waals surface area (Å²) < 4.78 is 6.12. The molecule has 0 bridgehead atoms. The summed E-state index contributed by atoms with van der Waals surface area (Å²) in [6, 6.07) is -0.327. The molecule has 3 rings (SSSR count). The van der Waals surface area contributed by atoms with Crippen molar-refractivity contribution in [3.63, 3.8) is 0 Å². The number of carbonyl (C=O) groups excluding carboxylic acids is 1. The van der Waals surface area contributed by atoms with Crippen molar-refractivity contribution in [2.75, 3.05) is 33.3 Å². The maximum atomic E-state index is 13.6. The van der Waals surface area contributed by atoms with Gasteiger partial charge in [-0.2, -0.15) is 0 Å². The first-order valence-electron chi connectivity index (χ1n) is 12.5. The second kappa shape index (κ2) is 12.4. The molecule has 0 aromatic heterocycles. The number of carboxylic acid groups (broad SMARTS) is 1. The van der Waals surface area contributed by atoms with Crippen molar-refractivity contribution < 1.29 is 19.4 Å². The predicted octanol–water partition coefficient (Wildman–Crippen LogP) is 2.02. The highest BCUT2D eigenvalue weighted by atomic mass is 16.5. The van der Waals surface area contributed by atoms with E-state index < -0.39 is 12.0 Å². The van der Waals surface area contributed by atoms with Gasteiger partial charge in [0.15, 0.2) is 5.96 Å². The average Bonchev–Trinajstić information content (AvgIpc) is 2.83. The molecule has 2 fully saturated rings. The molecular weight excluding hydrogens is 422 g/mol. The first-order chi connectivity index (χ1) is 15.9. The first kappa shape index (κ1) is 25.5. The summed E-state index contributed by atoms with van der Waals surface area (Å²) in [5, 5.41) is 17.1. The summed E-state index contributed by atoms with van der Waals surface area (Å²) in [5.41, 5.74) is 5.56. The molecular formula is C24H41N5O4. The van der Waals surface area contributed by atoms with Crippen molar-refractivity contribution in [3.05, 3.63) is 12.2 Å². The largest absolute Gasteiger partial charge is 0.481 e. The average molecular weight is 464 g/mol. The van der Waals surface area contributed by atoms with Gasteiger partial charge in [0.05, 0.1) is 18.6 Å². The number of allylic oxidation sites excluding steroid dienone is 1. The van der Waals surface area contributed by atoms with Gasteiger partial charge in [-0.15, -0.1) is 0 Å². The Hall–Kier alpha value is -2.13. The molecule has 9 nitrogen and oxygen atoms in total. The minimum Gasteiger partial charge on any atom is -0.481 e. The molecule has 3 aliphatic rings. The van der Waals surface area contributed by atoms with Crippen LogP contribution in [0.15, 0.2) is 12.2 Å². The molecule has 0 saturated carbocycles. The van der Waals surface area contributed by atoms with Gasteiger partial charge in [-0.3, -0.25) is 19.9 Å². The lowest BCUT2D eigenvalue weighted by Crippen LogP contribution is -2.55. The Kier molecular flexibility index (Phi) is 9.55. The molecule has 0 aromatic rings. The second-order valence-corrected chi connectivity index (χ2v) is 9.63. The molecule has 9 heteroatoms. The van der Waals surface area contributed by atoms with Gasteiger partial charge >= 0.3 is 5.97 Å². The summed E-state index contributed by atoms with van der Waals surface area (Å²) in [7, 11) is 1.91. The minimum atomic E-state index is -0.930. The van der Waals surface area contributed by atoms with Crippen LogP contribution in [0.25, 0.3) is 0 Å². The van der Waals surface area contributed by atoms with Gasteiger partial charge in [0, 0.05) is 38.3 Å². The molecule has 33 heavy (non-hydrogen) atoms. The van der Waals surface area contributed by atoms with E-state index in [4.69, 9.17) is 15.9 Å². The van der Waals surface area contributed by atoms with Crippen LogP contribution in [0.2, 0.25) is 0 Å². The van der Waals surface area contributed by atoms with Crippen LogP contribution in [-0.4, -0.2) is 95.2 Å². The molecule has 2 heterocycles. The van der Waals surface area contributed by atoms with E-state index in [0.29, 0.717) is 13.2 Å². The number of hydrogen-bond acceptors (Lipinski definition) is 5. The molecule has 1 aliphatic carbocycles. The third-order valence-corrected chi connectivity index (χ3v) is 7.46. The number of carbonyl (C=O) groups is 2. The quantitative estimate of drug-likeness (QED) is 0.271. The van der Waals surface area contributed by atoms with Crippen LogP contribution >= 0.6 is 0 Å². The third kappa shape index (κ3) is 7.17. The highest BCUT2D eigenvalue weighted by molar-refractivity contribution is 5.86. The summed E-state index contributed by atoms with van der Waals surface area (Å²) in [6.45, 7) is 2.77. The van der Waals surface area contributed by atoms with E-state index in [2.05, 4.69) is 12.2 Å². The smallest absolute Gasteiger partial charge is 0.305 e. The molecule has 2 saturated heterocycles. The number of hydrogen-bond donors (Lipinski definition) is 3. The lowest BCUT2D eigenvalue weighted by atomic mass is 9.95. The van der Waals surface area contributed by atoms with Gasteiger partial charge in [-0.25, -0.2) is 0 Å². The Morgan fingerprint density at radius 3 is 2.58 bits per heavy atom. The Morgan fingerprint density at radius 2 is 1.94 bits per heavy atom. The van der Waals surface area contributed by atoms with E-state index in [-0.39, 0.29) is 36.5 Å². The molecule has 186 valence electrons. The van der Waals surface area contributed by atoms with E-state index in [1.54, 1.807) is 0 Å². The van der Waals surface area contributed by atoms with Gasteiger partial charge in [0.25, 0.3) is 0 Å². The number of amides is 1. The highest BCUT2D eigenvalue weighted by Crippen LogP contribution is 2.26. The number of likely N-dealkylation sites (N-methyl/N-ethyl adjacent to an activating group) is 1. The van der Waals surface area contributed by atoms with Crippen LogP contribution in [0, 0.1) is 5.41 Å². The van der Waals surface area contributed by atoms with Crippen molar-refractivity contribution in [1.29, 1.82) is 5.41 Å². The number of nitrogens with two attached hydrogens (primary N) is 1. The fourth-order valence-electron chi connectivity index (χ4n) is 5.39. The van der Waals surface area contributed by atoms with Crippen LogP contribution < -0.4 is 5.73 Å². The molecule has 0 aromatic carbocycles. The van der Waals surface area contributed by atoms with Gasteiger partial charge in [-0.1, -0.05) is 12.2 Å². The second-order valence-electron chi connectivity index (χ2n) is 9.63. The molecule has 0 spiro atoms. The standard InChI is InChI=1S/C24H41N5O4/c1-27(18-7-3-2-4-8-18)21(17-22(30)31)23(32)29-13-6-5-9-19(29)12-16-33-20-10-14-28(15-11-20)24(25)26/h2-3,18-21H,4-17H2,1H3,(H3,25,26)(H,30,31)/t18?,19-,21-/m0/s1. The zero-order valence-electron chi connectivity index (χ0n) is 20.0. The Balaban J connectivity index is 1.56. The van der Waals surface area contributed by atoms with Gasteiger partial charge in [-0.05, 0) is 64.8 Å². The monoisotopic (exact) mass is 463 g/mol. The number of piperidine rings is 2. The zero-order valence-corrected chi connectivity index (χ0v) is 20.0. The highest BCUT2D eigenvalue weighted by Gasteiger charge is 2.37. The van der Waals surface area contributed by atoms with E-state index in [1.807, 2.05) is 21.7 Å². The van der Waals surface area contributed by atoms with Gasteiger partial charge in [0.1, 0.15) is 0 Å². The minimum absolute atomic E-state index is 0.0473. The number of guanidine groups is 1. The van der Waals surface area contributed by atoms with E-state index in [0.717, 1.165) is 70.9 Å². The fraction of sp³-hybridized carbons (Fsp3) is 0.792. The number of rotatable bonds is 9. The van der Waals surface area contributed by atoms with Crippen LogP contribution in [-0.2, 0) is 14.3 Å². The Morgan fingerprint density at radius 1 is 1.18 bits per heavy atom. The molecule has 1 unspecified atom stereocenters. The molecule has 1 amide bonds. The first-order valence-corrected chi connectivity index (χ1v) is 12.5. The summed E-state index contributed by atoms with van der Waals surface area (Å²) in [4.78, 5) is 31.0. The van der Waals surface area contributed by atoms with Crippen molar-refractivity contribution >= 4 is 17.8 Å². The number of carboxylic acids is 1. The van der Waals surface area contributed by atoms with E-state index >= 15 is 0 Å². The number of nitrogens with one attached hydrogen (secondary N) is 1. The lowest BCUT2D eigenvalue weighted by Gasteiger charge is -2.42. The van der Waals surface area contributed by atoms with Crippen molar-refractivity contribution in [3.8, 4) is 0 Å². The number of ether oxygens (including phenoxy) is 1. The molecule has 0 radical (unpaired) electrons. The van der Waals surface area contributed by atoms with Crippen molar-refractivity contribution in [2.24, 2.45) is 5.73 Å². The van der Waals surface area contributed by atoms with Crippen LogP contribution in [0.4, 0.5) is 0 Å². The number of nitrogens with zero attached hydrogens (tertiary/aromatic N) is 3. The Bertz CT molecular complexity index is 707. The fourth-order valence-corrected chi connectivity index (χ4v) is 5.39. The Labute approximate surface area is 197 Å². The lowest BCUT2D eigenvalue weighted by molar-refractivity contribution is -0.148. The van der Waals surface area contributed by atoms with Crippen LogP contribution in [0.1, 0.15) is 64.2 Å². The SMILES string of the molecule is CN(C1CC=CCC1)[C@@H](CC(=O)O)C(=O)N1CCCC[C@H]1CCOC1CCN(C(=N)N)CC1. The normalized spacial score (nSPS) is 25.3. The molecule has 3 atom stereocenters. The van der Waals surface area contributed by atoms with E-state index in [1.165, 1.54) is 0 Å². The summed E-state index contributed by atoms with van der Waals surface area (Å²) in [5.74, 6) is -0.857. The van der Waals surface area contributed by atoms with Crippen molar-refractivity contribution in [2.45, 2.75) is 88.4 Å². The van der Waals surface area contributed by atoms with Gasteiger partial charge in [0.2, 0.25) is 5.91 Å². The number of aliphatic carboxylic acids is 1. The predicted molar refractivity (Wildman–Crippen MR) is 127 cm³/mol. The number of likely N-dealkylation sites (tertiary alicyclic amines) is 2. The third-order valence-electron chi connectivity index (χ3n) is 7.46. The topological polar surface area (TPSA) is 123 Å². The van der Waals surface area contributed by atoms with Crippen molar-refractivity contribution in [1.82, 2.24) is 14.7 Å². The van der Waals surface area contributed by atoms with E-state index in [9.17, 15) is 14.7 Å². The maximum Gasteiger partial charge on any atom is 0.305 e.